The van der Waals surface area contributed by atoms with E-state index in [1.807, 2.05) is 18.3 Å². The molecule has 2 heterocycles. The second-order valence-electron chi connectivity index (χ2n) is 5.59. The Morgan fingerprint density at radius 3 is 2.72 bits per heavy atom. The molecule has 1 aliphatic rings. The monoisotopic (exact) mass is 312 g/mol. The van der Waals surface area contributed by atoms with Crippen molar-refractivity contribution < 1.29 is 4.74 Å². The molecule has 18 heavy (non-hydrogen) atoms. The number of hydrogen-bond donors (Lipinski definition) is 1. The molecule has 0 saturated carbocycles. The molecule has 1 fully saturated rings. The van der Waals surface area contributed by atoms with Crippen LogP contribution in [0.3, 0.4) is 0 Å². The van der Waals surface area contributed by atoms with Gasteiger partial charge in [-0.15, -0.1) is 0 Å². The first-order valence-corrected chi connectivity index (χ1v) is 7.30. The molecule has 0 unspecified atom stereocenters. The maximum atomic E-state index is 5.43. The lowest BCUT2D eigenvalue weighted by atomic mass is 9.74. The van der Waals surface area contributed by atoms with E-state index in [2.05, 4.69) is 40.1 Å². The molecular weight excluding hydrogens is 292 g/mol. The van der Waals surface area contributed by atoms with Crippen molar-refractivity contribution in [3.63, 3.8) is 0 Å². The standard InChI is InChI=1S/C14H21BrN2O/c1-14(2,11-5-7-18-8-6-11)10-17-13-4-3-12(15)9-16-13/h3-4,9,11H,5-8,10H2,1-2H3,(H,16,17). The van der Waals surface area contributed by atoms with Crippen LogP contribution in [0.5, 0.6) is 0 Å². The van der Waals surface area contributed by atoms with Crippen molar-refractivity contribution in [3.8, 4) is 0 Å². The van der Waals surface area contributed by atoms with E-state index in [-0.39, 0.29) is 5.41 Å². The van der Waals surface area contributed by atoms with Gasteiger partial charge in [0.2, 0.25) is 0 Å². The molecule has 0 spiro atoms. The van der Waals surface area contributed by atoms with Crippen LogP contribution < -0.4 is 5.32 Å². The first-order chi connectivity index (χ1) is 8.58. The summed E-state index contributed by atoms with van der Waals surface area (Å²) in [4.78, 5) is 4.34. The number of pyridine rings is 1. The highest BCUT2D eigenvalue weighted by molar-refractivity contribution is 9.10. The summed E-state index contributed by atoms with van der Waals surface area (Å²) in [6, 6.07) is 4.01. The molecule has 0 aromatic carbocycles. The summed E-state index contributed by atoms with van der Waals surface area (Å²) >= 11 is 3.39. The summed E-state index contributed by atoms with van der Waals surface area (Å²) in [5, 5.41) is 3.44. The van der Waals surface area contributed by atoms with Crippen molar-refractivity contribution in [1.29, 1.82) is 0 Å². The average Bonchev–Trinajstić information content (AvgIpc) is 2.39. The van der Waals surface area contributed by atoms with Gasteiger partial charge in [0.15, 0.2) is 0 Å². The Morgan fingerprint density at radius 1 is 1.39 bits per heavy atom. The summed E-state index contributed by atoms with van der Waals surface area (Å²) in [7, 11) is 0. The van der Waals surface area contributed by atoms with E-state index in [0.717, 1.165) is 36.0 Å². The third-order valence-electron chi connectivity index (χ3n) is 3.78. The zero-order valence-corrected chi connectivity index (χ0v) is 12.7. The second-order valence-corrected chi connectivity index (χ2v) is 6.51. The number of halogens is 1. The van der Waals surface area contributed by atoms with E-state index in [0.29, 0.717) is 0 Å². The van der Waals surface area contributed by atoms with Gasteiger partial charge in [-0.2, -0.15) is 0 Å². The van der Waals surface area contributed by atoms with Gasteiger partial charge in [-0.25, -0.2) is 4.98 Å². The molecule has 1 aromatic rings. The maximum absolute atomic E-state index is 5.43. The molecule has 0 atom stereocenters. The summed E-state index contributed by atoms with van der Waals surface area (Å²) < 4.78 is 6.44. The van der Waals surface area contributed by atoms with Crippen molar-refractivity contribution in [2.24, 2.45) is 11.3 Å². The van der Waals surface area contributed by atoms with Crippen molar-refractivity contribution in [1.82, 2.24) is 4.98 Å². The van der Waals surface area contributed by atoms with Crippen molar-refractivity contribution in [3.05, 3.63) is 22.8 Å². The molecule has 0 aliphatic carbocycles. The van der Waals surface area contributed by atoms with Gasteiger partial charge in [-0.05, 0) is 52.2 Å². The smallest absolute Gasteiger partial charge is 0.125 e. The molecule has 0 amide bonds. The maximum Gasteiger partial charge on any atom is 0.125 e. The molecule has 4 heteroatoms. The van der Waals surface area contributed by atoms with Gasteiger partial charge in [0.1, 0.15) is 5.82 Å². The fraction of sp³-hybridized carbons (Fsp3) is 0.643. The SMILES string of the molecule is CC(C)(CNc1ccc(Br)cn1)C1CCOCC1. The molecule has 100 valence electrons. The molecule has 0 radical (unpaired) electrons. The van der Waals surface area contributed by atoms with Gasteiger partial charge >= 0.3 is 0 Å². The molecule has 1 N–H and O–H groups in total. The lowest BCUT2D eigenvalue weighted by molar-refractivity contribution is 0.0268. The summed E-state index contributed by atoms with van der Waals surface area (Å²) in [6.07, 6.45) is 4.16. The Bertz CT molecular complexity index is 372. The molecule has 3 nitrogen and oxygen atoms in total. The number of aromatic nitrogens is 1. The van der Waals surface area contributed by atoms with Gasteiger partial charge in [-0.1, -0.05) is 13.8 Å². The second kappa shape index (κ2) is 6.02. The fourth-order valence-electron chi connectivity index (χ4n) is 2.42. The molecule has 1 aliphatic heterocycles. The highest BCUT2D eigenvalue weighted by atomic mass is 79.9. The summed E-state index contributed by atoms with van der Waals surface area (Å²) in [5.41, 5.74) is 0.276. The van der Waals surface area contributed by atoms with E-state index in [1.54, 1.807) is 0 Å². The number of nitrogens with zero attached hydrogens (tertiary/aromatic N) is 1. The van der Waals surface area contributed by atoms with Crippen LogP contribution in [0.15, 0.2) is 22.8 Å². The van der Waals surface area contributed by atoms with Crippen LogP contribution in [0.25, 0.3) is 0 Å². The highest BCUT2D eigenvalue weighted by Crippen LogP contribution is 2.34. The van der Waals surface area contributed by atoms with Crippen molar-refractivity contribution >= 4 is 21.7 Å². The topological polar surface area (TPSA) is 34.2 Å². The Hall–Kier alpha value is -0.610. The molecule has 0 bridgehead atoms. The van der Waals surface area contributed by atoms with E-state index in [4.69, 9.17) is 4.74 Å². The average molecular weight is 313 g/mol. The lowest BCUT2D eigenvalue weighted by Gasteiger charge is -2.37. The zero-order chi connectivity index (χ0) is 13.0. The Kier molecular flexibility index (Phi) is 4.62. The van der Waals surface area contributed by atoms with Gasteiger partial charge in [0, 0.05) is 30.4 Å². The molecule has 1 saturated heterocycles. The van der Waals surface area contributed by atoms with Crippen LogP contribution in [-0.4, -0.2) is 24.7 Å². The van der Waals surface area contributed by atoms with E-state index in [9.17, 15) is 0 Å². The number of anilines is 1. The number of hydrogen-bond acceptors (Lipinski definition) is 3. The van der Waals surface area contributed by atoms with Crippen molar-refractivity contribution in [2.75, 3.05) is 25.1 Å². The van der Waals surface area contributed by atoms with Gasteiger partial charge in [0.05, 0.1) is 0 Å². The van der Waals surface area contributed by atoms with Crippen LogP contribution in [-0.2, 0) is 4.74 Å². The predicted molar refractivity (Wildman–Crippen MR) is 77.8 cm³/mol. The van der Waals surface area contributed by atoms with Gasteiger partial charge in [0.25, 0.3) is 0 Å². The normalized spacial score (nSPS) is 17.7. The third kappa shape index (κ3) is 3.69. The minimum Gasteiger partial charge on any atom is -0.381 e. The molecule has 2 rings (SSSR count). The minimum atomic E-state index is 0.276. The first kappa shape index (κ1) is 13.8. The Labute approximate surface area is 117 Å². The van der Waals surface area contributed by atoms with E-state index >= 15 is 0 Å². The third-order valence-corrected chi connectivity index (χ3v) is 4.25. The van der Waals surface area contributed by atoms with E-state index < -0.39 is 0 Å². The predicted octanol–water partition coefficient (Wildman–Crippen LogP) is 3.71. The Balaban J connectivity index is 1.89. The Morgan fingerprint density at radius 2 is 2.11 bits per heavy atom. The zero-order valence-electron chi connectivity index (χ0n) is 11.1. The molecular formula is C14H21BrN2O. The first-order valence-electron chi connectivity index (χ1n) is 6.51. The largest absolute Gasteiger partial charge is 0.381 e. The number of nitrogens with one attached hydrogen (secondary N) is 1. The lowest BCUT2D eigenvalue weighted by Crippen LogP contribution is -2.35. The highest BCUT2D eigenvalue weighted by Gasteiger charge is 2.30. The quantitative estimate of drug-likeness (QED) is 0.920. The van der Waals surface area contributed by atoms with Crippen LogP contribution in [0.1, 0.15) is 26.7 Å². The van der Waals surface area contributed by atoms with Crippen LogP contribution >= 0.6 is 15.9 Å². The van der Waals surface area contributed by atoms with Crippen molar-refractivity contribution in [2.45, 2.75) is 26.7 Å². The molecule has 1 aromatic heterocycles. The van der Waals surface area contributed by atoms with E-state index in [1.165, 1.54) is 12.8 Å². The minimum absolute atomic E-state index is 0.276. The summed E-state index contributed by atoms with van der Waals surface area (Å²) in [5.74, 6) is 1.67. The number of ether oxygens (including phenoxy) is 1. The van der Waals surface area contributed by atoms with Crippen LogP contribution in [0.4, 0.5) is 5.82 Å². The fourth-order valence-corrected chi connectivity index (χ4v) is 2.66. The van der Waals surface area contributed by atoms with Crippen LogP contribution in [0, 0.1) is 11.3 Å². The number of rotatable bonds is 4. The summed E-state index contributed by atoms with van der Waals surface area (Å²) in [6.45, 7) is 7.42. The van der Waals surface area contributed by atoms with Gasteiger partial charge in [-0.3, -0.25) is 0 Å². The van der Waals surface area contributed by atoms with Crippen LogP contribution in [0.2, 0.25) is 0 Å². The van der Waals surface area contributed by atoms with Gasteiger partial charge < -0.3 is 10.1 Å².